The van der Waals surface area contributed by atoms with E-state index in [1.807, 2.05) is 6.07 Å². The summed E-state index contributed by atoms with van der Waals surface area (Å²) in [4.78, 5) is 14.2. The first-order valence-electron chi connectivity index (χ1n) is 7.03. The number of carbonyl (C=O) groups is 1. The summed E-state index contributed by atoms with van der Waals surface area (Å²) in [5, 5.41) is 3.07. The molecule has 3 rings (SSSR count). The van der Waals surface area contributed by atoms with E-state index < -0.39 is 0 Å². The first-order valence-corrected chi connectivity index (χ1v) is 7.03. The van der Waals surface area contributed by atoms with Gasteiger partial charge in [0, 0.05) is 18.8 Å². The maximum atomic E-state index is 12.1. The van der Waals surface area contributed by atoms with Crippen LogP contribution in [-0.2, 0) is 16.0 Å². The van der Waals surface area contributed by atoms with Gasteiger partial charge in [0.15, 0.2) is 0 Å². The maximum absolute atomic E-state index is 12.1. The molecule has 2 heterocycles. The van der Waals surface area contributed by atoms with Crippen molar-refractivity contribution in [1.82, 2.24) is 5.32 Å². The van der Waals surface area contributed by atoms with Crippen LogP contribution in [0.15, 0.2) is 24.3 Å². The van der Waals surface area contributed by atoms with Crippen molar-refractivity contribution in [3.63, 3.8) is 0 Å². The number of benzene rings is 1. The molecule has 0 aromatic heterocycles. The number of ether oxygens (including phenoxy) is 1. The Morgan fingerprint density at radius 3 is 3.16 bits per heavy atom. The van der Waals surface area contributed by atoms with Gasteiger partial charge in [-0.3, -0.25) is 4.79 Å². The highest BCUT2D eigenvalue weighted by molar-refractivity contribution is 5.82. The number of nitrogens with zero attached hydrogens (tertiary/aromatic N) is 1. The molecule has 0 spiro atoms. The minimum absolute atomic E-state index is 0.104. The fraction of sp³-hybridized carbons (Fsp3) is 0.533. The summed E-state index contributed by atoms with van der Waals surface area (Å²) < 4.78 is 5.38. The molecule has 1 aromatic rings. The zero-order chi connectivity index (χ0) is 13.1. The summed E-state index contributed by atoms with van der Waals surface area (Å²) in [5.74, 6) is 0.104. The van der Waals surface area contributed by atoms with Crippen molar-refractivity contribution in [2.75, 3.05) is 31.2 Å². The van der Waals surface area contributed by atoms with Crippen molar-refractivity contribution in [2.24, 2.45) is 0 Å². The van der Waals surface area contributed by atoms with Crippen LogP contribution < -0.4 is 10.2 Å². The molecule has 1 fully saturated rings. The van der Waals surface area contributed by atoms with Gasteiger partial charge in [0.1, 0.15) is 0 Å². The molecule has 2 aliphatic rings. The van der Waals surface area contributed by atoms with Gasteiger partial charge in [0.2, 0.25) is 5.91 Å². The van der Waals surface area contributed by atoms with Gasteiger partial charge in [-0.15, -0.1) is 0 Å². The van der Waals surface area contributed by atoms with Crippen LogP contribution >= 0.6 is 0 Å². The maximum Gasteiger partial charge on any atom is 0.239 e. The van der Waals surface area contributed by atoms with Crippen molar-refractivity contribution in [3.05, 3.63) is 29.8 Å². The Balaban J connectivity index is 1.55. The summed E-state index contributed by atoms with van der Waals surface area (Å²) in [6, 6.07) is 8.52. The lowest BCUT2D eigenvalue weighted by molar-refractivity contribution is -0.121. The molecule has 0 bridgehead atoms. The molecule has 102 valence electrons. The highest BCUT2D eigenvalue weighted by Gasteiger charge is 2.22. The first-order chi connectivity index (χ1) is 9.33. The first kappa shape index (κ1) is 12.5. The highest BCUT2D eigenvalue weighted by atomic mass is 16.5. The number of rotatable bonds is 3. The summed E-state index contributed by atoms with van der Waals surface area (Å²) in [7, 11) is 0. The van der Waals surface area contributed by atoms with E-state index in [0.717, 1.165) is 32.4 Å². The van der Waals surface area contributed by atoms with Crippen molar-refractivity contribution in [1.29, 1.82) is 0 Å². The van der Waals surface area contributed by atoms with Crippen molar-refractivity contribution < 1.29 is 9.53 Å². The van der Waals surface area contributed by atoms with E-state index in [9.17, 15) is 4.79 Å². The van der Waals surface area contributed by atoms with Gasteiger partial charge >= 0.3 is 0 Å². The molecule has 1 amide bonds. The topological polar surface area (TPSA) is 41.6 Å². The molecule has 1 aromatic carbocycles. The SMILES string of the molecule is O=C(CN1CCc2ccccc21)N[C@H]1CCCOC1. The molecular weight excluding hydrogens is 240 g/mol. The fourth-order valence-electron chi connectivity index (χ4n) is 2.87. The summed E-state index contributed by atoms with van der Waals surface area (Å²) in [6.07, 6.45) is 3.11. The quantitative estimate of drug-likeness (QED) is 0.892. The molecule has 0 aliphatic carbocycles. The van der Waals surface area contributed by atoms with Gasteiger partial charge in [-0.05, 0) is 30.9 Å². The third kappa shape index (κ3) is 2.89. The van der Waals surface area contributed by atoms with Crippen LogP contribution in [0.1, 0.15) is 18.4 Å². The molecule has 0 radical (unpaired) electrons. The second-order valence-electron chi connectivity index (χ2n) is 5.28. The molecule has 2 aliphatic heterocycles. The Morgan fingerprint density at radius 1 is 1.42 bits per heavy atom. The minimum Gasteiger partial charge on any atom is -0.379 e. The van der Waals surface area contributed by atoms with Gasteiger partial charge in [-0.2, -0.15) is 0 Å². The summed E-state index contributed by atoms with van der Waals surface area (Å²) >= 11 is 0. The van der Waals surface area contributed by atoms with E-state index >= 15 is 0 Å². The van der Waals surface area contributed by atoms with Crippen molar-refractivity contribution in [3.8, 4) is 0 Å². The van der Waals surface area contributed by atoms with E-state index in [2.05, 4.69) is 28.4 Å². The van der Waals surface area contributed by atoms with Crippen LogP contribution in [0.4, 0.5) is 5.69 Å². The molecule has 4 nitrogen and oxygen atoms in total. The summed E-state index contributed by atoms with van der Waals surface area (Å²) in [6.45, 7) is 2.87. The number of carbonyl (C=O) groups excluding carboxylic acids is 1. The smallest absolute Gasteiger partial charge is 0.239 e. The van der Waals surface area contributed by atoms with Gasteiger partial charge < -0.3 is 15.0 Å². The Morgan fingerprint density at radius 2 is 2.32 bits per heavy atom. The fourth-order valence-corrected chi connectivity index (χ4v) is 2.87. The van der Waals surface area contributed by atoms with Gasteiger partial charge in [0.05, 0.1) is 19.2 Å². The molecule has 1 N–H and O–H groups in total. The predicted octanol–water partition coefficient (Wildman–Crippen LogP) is 1.34. The Kier molecular flexibility index (Phi) is 3.69. The third-order valence-corrected chi connectivity index (χ3v) is 3.84. The van der Waals surface area contributed by atoms with Crippen LogP contribution in [-0.4, -0.2) is 38.3 Å². The summed E-state index contributed by atoms with van der Waals surface area (Å²) in [5.41, 5.74) is 2.55. The third-order valence-electron chi connectivity index (χ3n) is 3.84. The number of fused-ring (bicyclic) bond motifs is 1. The zero-order valence-electron chi connectivity index (χ0n) is 11.1. The number of amides is 1. The number of nitrogens with one attached hydrogen (secondary N) is 1. The van der Waals surface area contributed by atoms with Gasteiger partial charge in [-0.25, -0.2) is 0 Å². The van der Waals surface area contributed by atoms with E-state index in [1.165, 1.54) is 11.3 Å². The lowest BCUT2D eigenvalue weighted by Crippen LogP contribution is -2.45. The average Bonchev–Trinajstić information content (AvgIpc) is 2.83. The molecular formula is C15H20N2O2. The molecule has 0 unspecified atom stereocenters. The van der Waals surface area contributed by atoms with Crippen LogP contribution in [0.5, 0.6) is 0 Å². The van der Waals surface area contributed by atoms with Crippen LogP contribution in [0, 0.1) is 0 Å². The minimum atomic E-state index is 0.104. The monoisotopic (exact) mass is 260 g/mol. The lowest BCUT2D eigenvalue weighted by Gasteiger charge is -2.25. The van der Waals surface area contributed by atoms with E-state index in [1.54, 1.807) is 0 Å². The molecule has 4 heteroatoms. The van der Waals surface area contributed by atoms with Crippen molar-refractivity contribution >= 4 is 11.6 Å². The number of hydrogen-bond donors (Lipinski definition) is 1. The van der Waals surface area contributed by atoms with Crippen LogP contribution in [0.25, 0.3) is 0 Å². The largest absolute Gasteiger partial charge is 0.379 e. The Labute approximate surface area is 113 Å². The number of anilines is 1. The second-order valence-corrected chi connectivity index (χ2v) is 5.28. The predicted molar refractivity (Wildman–Crippen MR) is 74.3 cm³/mol. The molecule has 1 saturated heterocycles. The van der Waals surface area contributed by atoms with E-state index in [4.69, 9.17) is 4.74 Å². The Bertz CT molecular complexity index is 455. The molecule has 0 saturated carbocycles. The van der Waals surface area contributed by atoms with Crippen LogP contribution in [0.3, 0.4) is 0 Å². The molecule has 1 atom stereocenters. The normalized spacial score (nSPS) is 22.1. The highest BCUT2D eigenvalue weighted by Crippen LogP contribution is 2.26. The molecule has 19 heavy (non-hydrogen) atoms. The van der Waals surface area contributed by atoms with Gasteiger partial charge in [-0.1, -0.05) is 18.2 Å². The number of hydrogen-bond acceptors (Lipinski definition) is 3. The zero-order valence-corrected chi connectivity index (χ0v) is 11.1. The second kappa shape index (κ2) is 5.61. The standard InChI is InChI=1S/C15H20N2O2/c18-15(16-13-5-3-9-19-11-13)10-17-8-7-12-4-1-2-6-14(12)17/h1-2,4,6,13H,3,5,7-11H2,(H,16,18)/t13-/m0/s1. The lowest BCUT2D eigenvalue weighted by atomic mass is 10.1. The Hall–Kier alpha value is -1.55. The van der Waals surface area contributed by atoms with E-state index in [-0.39, 0.29) is 11.9 Å². The number of para-hydroxylation sites is 1. The average molecular weight is 260 g/mol. The van der Waals surface area contributed by atoms with Crippen molar-refractivity contribution in [2.45, 2.75) is 25.3 Å². The van der Waals surface area contributed by atoms with Gasteiger partial charge in [0.25, 0.3) is 0 Å². The van der Waals surface area contributed by atoms with E-state index in [0.29, 0.717) is 13.2 Å². The van der Waals surface area contributed by atoms with Crippen LogP contribution in [0.2, 0.25) is 0 Å².